The summed E-state index contributed by atoms with van der Waals surface area (Å²) in [6.07, 6.45) is 0. The number of Topliss-reactive ketones (excluding diaryl/α,β-unsaturated/α-hetero) is 1. The van der Waals surface area contributed by atoms with Gasteiger partial charge in [-0.25, -0.2) is 0 Å². The fourth-order valence-corrected chi connectivity index (χ4v) is 1.65. The van der Waals surface area contributed by atoms with Crippen molar-refractivity contribution in [2.24, 2.45) is 0 Å². The highest BCUT2D eigenvalue weighted by Crippen LogP contribution is 1.89. The lowest BCUT2D eigenvalue weighted by Gasteiger charge is -2.21. The lowest BCUT2D eigenvalue weighted by atomic mass is 10.1. The predicted molar refractivity (Wildman–Crippen MR) is 80.5 cm³/mol. The SMILES string of the molecule is C[NH2+]C(CNC(C)C)C(=O)NC(CNC(C)C)C(C)=O. The van der Waals surface area contributed by atoms with Crippen LogP contribution in [-0.2, 0) is 9.59 Å². The molecule has 6 nitrogen and oxygen atoms in total. The van der Waals surface area contributed by atoms with Gasteiger partial charge in [0.25, 0.3) is 5.91 Å². The highest BCUT2D eigenvalue weighted by atomic mass is 16.2. The molecule has 1 amide bonds. The smallest absolute Gasteiger partial charge is 0.280 e. The summed E-state index contributed by atoms with van der Waals surface area (Å²) >= 11 is 0. The van der Waals surface area contributed by atoms with Gasteiger partial charge in [-0.05, 0) is 6.92 Å². The van der Waals surface area contributed by atoms with Gasteiger partial charge in [-0.3, -0.25) is 9.59 Å². The van der Waals surface area contributed by atoms with Gasteiger partial charge >= 0.3 is 0 Å². The maximum absolute atomic E-state index is 12.2. The van der Waals surface area contributed by atoms with Crippen LogP contribution in [0.15, 0.2) is 0 Å². The molecule has 2 atom stereocenters. The van der Waals surface area contributed by atoms with Gasteiger partial charge in [-0.1, -0.05) is 27.7 Å². The van der Waals surface area contributed by atoms with Crippen molar-refractivity contribution in [2.75, 3.05) is 20.1 Å². The molecule has 0 spiro atoms. The number of likely N-dealkylation sites (N-methyl/N-ethyl adjacent to an activating group) is 1. The van der Waals surface area contributed by atoms with E-state index in [2.05, 4.69) is 16.0 Å². The molecule has 20 heavy (non-hydrogen) atoms. The molecular formula is C14H31N4O2+. The van der Waals surface area contributed by atoms with Gasteiger partial charge in [0.15, 0.2) is 11.8 Å². The summed E-state index contributed by atoms with van der Waals surface area (Å²) in [4.78, 5) is 23.8. The second-order valence-electron chi connectivity index (χ2n) is 5.74. The molecule has 0 bridgehead atoms. The van der Waals surface area contributed by atoms with Gasteiger partial charge in [0.05, 0.1) is 19.6 Å². The number of hydrogen-bond acceptors (Lipinski definition) is 4. The Morgan fingerprint density at radius 2 is 1.50 bits per heavy atom. The minimum Gasteiger partial charge on any atom is -0.340 e. The van der Waals surface area contributed by atoms with Crippen LogP contribution in [0.3, 0.4) is 0 Å². The Bertz CT molecular complexity index is 306. The van der Waals surface area contributed by atoms with Crippen molar-refractivity contribution in [1.29, 1.82) is 0 Å². The van der Waals surface area contributed by atoms with Crippen molar-refractivity contribution < 1.29 is 14.9 Å². The molecule has 0 radical (unpaired) electrons. The van der Waals surface area contributed by atoms with Gasteiger partial charge in [-0.15, -0.1) is 0 Å². The average Bonchev–Trinajstić information content (AvgIpc) is 2.34. The molecule has 2 unspecified atom stereocenters. The third kappa shape index (κ3) is 8.24. The van der Waals surface area contributed by atoms with Crippen LogP contribution >= 0.6 is 0 Å². The molecule has 6 heteroatoms. The van der Waals surface area contributed by atoms with Gasteiger partial charge < -0.3 is 21.3 Å². The monoisotopic (exact) mass is 287 g/mol. The third-order valence-corrected chi connectivity index (χ3v) is 3.02. The maximum Gasteiger partial charge on any atom is 0.280 e. The van der Waals surface area contributed by atoms with E-state index in [4.69, 9.17) is 0 Å². The third-order valence-electron chi connectivity index (χ3n) is 3.02. The fraction of sp³-hybridized carbons (Fsp3) is 0.857. The molecule has 0 aromatic rings. The Labute approximate surface area is 122 Å². The summed E-state index contributed by atoms with van der Waals surface area (Å²) in [5.74, 6) is -0.135. The van der Waals surface area contributed by atoms with Crippen LogP contribution in [0.1, 0.15) is 34.6 Å². The summed E-state index contributed by atoms with van der Waals surface area (Å²) in [5.41, 5.74) is 0. The first-order chi connectivity index (χ1) is 9.27. The molecule has 0 aromatic heterocycles. The Hall–Kier alpha value is -0.980. The molecule has 0 rings (SSSR count). The van der Waals surface area contributed by atoms with Crippen molar-refractivity contribution in [2.45, 2.75) is 58.8 Å². The van der Waals surface area contributed by atoms with Crippen LogP contribution < -0.4 is 21.3 Å². The Balaban J connectivity index is 4.43. The number of quaternary nitrogens is 1. The molecule has 0 aliphatic heterocycles. The molecule has 0 heterocycles. The lowest BCUT2D eigenvalue weighted by Crippen LogP contribution is -2.91. The Kier molecular flexibility index (Phi) is 9.37. The minimum atomic E-state index is -0.466. The van der Waals surface area contributed by atoms with Crippen molar-refractivity contribution >= 4 is 11.7 Å². The molecule has 0 aliphatic carbocycles. The van der Waals surface area contributed by atoms with Crippen molar-refractivity contribution in [1.82, 2.24) is 16.0 Å². The molecule has 0 saturated heterocycles. The highest BCUT2D eigenvalue weighted by Gasteiger charge is 2.25. The van der Waals surface area contributed by atoms with Gasteiger partial charge in [0.2, 0.25) is 0 Å². The fourth-order valence-electron chi connectivity index (χ4n) is 1.65. The zero-order valence-electron chi connectivity index (χ0n) is 13.6. The van der Waals surface area contributed by atoms with Crippen LogP contribution in [0.4, 0.5) is 0 Å². The van der Waals surface area contributed by atoms with Crippen LogP contribution in [0.25, 0.3) is 0 Å². The first kappa shape index (κ1) is 19.0. The van der Waals surface area contributed by atoms with E-state index in [-0.39, 0.29) is 23.8 Å². The summed E-state index contributed by atoms with van der Waals surface area (Å²) < 4.78 is 0. The van der Waals surface area contributed by atoms with E-state index in [0.29, 0.717) is 19.1 Å². The van der Waals surface area contributed by atoms with E-state index in [1.807, 2.05) is 40.1 Å². The second-order valence-corrected chi connectivity index (χ2v) is 5.74. The van der Waals surface area contributed by atoms with Gasteiger partial charge in [-0.2, -0.15) is 0 Å². The van der Waals surface area contributed by atoms with E-state index >= 15 is 0 Å². The lowest BCUT2D eigenvalue weighted by molar-refractivity contribution is -0.648. The molecule has 118 valence electrons. The number of nitrogens with one attached hydrogen (secondary N) is 3. The van der Waals surface area contributed by atoms with Crippen molar-refractivity contribution in [3.63, 3.8) is 0 Å². The van der Waals surface area contributed by atoms with Gasteiger partial charge in [0.1, 0.15) is 0 Å². The number of hydrogen-bond donors (Lipinski definition) is 4. The Morgan fingerprint density at radius 3 is 1.90 bits per heavy atom. The summed E-state index contributed by atoms with van der Waals surface area (Å²) in [6.45, 7) is 10.6. The second kappa shape index (κ2) is 9.85. The van der Waals surface area contributed by atoms with Crippen LogP contribution in [0, 0.1) is 0 Å². The predicted octanol–water partition coefficient (Wildman–Crippen LogP) is -1.38. The van der Waals surface area contributed by atoms with E-state index in [9.17, 15) is 9.59 Å². The average molecular weight is 287 g/mol. The standard InChI is InChI=1S/C14H30N4O2/c1-9(2)16-7-12(11(5)19)18-14(20)13(15-6)8-17-10(3)4/h9-10,12-13,15-17H,7-8H2,1-6H3,(H,18,20)/p+1. The molecule has 0 saturated carbocycles. The normalized spacial score (nSPS) is 14.4. The van der Waals surface area contributed by atoms with Gasteiger partial charge in [0, 0.05) is 18.6 Å². The first-order valence-corrected chi connectivity index (χ1v) is 7.35. The number of rotatable bonds is 10. The number of carbonyl (C=O) groups is 2. The number of amides is 1. The van der Waals surface area contributed by atoms with E-state index in [1.54, 1.807) is 0 Å². The number of carbonyl (C=O) groups excluding carboxylic acids is 2. The van der Waals surface area contributed by atoms with Crippen molar-refractivity contribution in [3.05, 3.63) is 0 Å². The quantitative estimate of drug-likeness (QED) is 0.399. The molecule has 0 fully saturated rings. The summed E-state index contributed by atoms with van der Waals surface area (Å²) in [7, 11) is 1.86. The number of nitrogens with two attached hydrogens (primary N) is 1. The molecule has 5 N–H and O–H groups in total. The zero-order chi connectivity index (χ0) is 15.7. The maximum atomic E-state index is 12.2. The molecular weight excluding hydrogens is 256 g/mol. The number of ketones is 1. The largest absolute Gasteiger partial charge is 0.340 e. The summed E-state index contributed by atoms with van der Waals surface area (Å²) in [6, 6.07) is -0.0777. The minimum absolute atomic E-state index is 0.0295. The molecule has 0 aromatic carbocycles. The van der Waals surface area contributed by atoms with Crippen LogP contribution in [-0.4, -0.2) is 56.0 Å². The van der Waals surface area contributed by atoms with Crippen LogP contribution in [0.2, 0.25) is 0 Å². The molecule has 0 aliphatic rings. The van der Waals surface area contributed by atoms with E-state index in [1.165, 1.54) is 6.92 Å². The topological polar surface area (TPSA) is 86.8 Å². The van der Waals surface area contributed by atoms with E-state index < -0.39 is 6.04 Å². The first-order valence-electron chi connectivity index (χ1n) is 7.35. The highest BCUT2D eigenvalue weighted by molar-refractivity contribution is 5.89. The van der Waals surface area contributed by atoms with Crippen molar-refractivity contribution in [3.8, 4) is 0 Å². The van der Waals surface area contributed by atoms with Crippen LogP contribution in [0.5, 0.6) is 0 Å². The Morgan fingerprint density at radius 1 is 1.00 bits per heavy atom. The van der Waals surface area contributed by atoms with E-state index in [0.717, 1.165) is 0 Å². The summed E-state index contributed by atoms with van der Waals surface area (Å²) in [5, 5.41) is 11.1. The zero-order valence-corrected chi connectivity index (χ0v) is 13.6.